The van der Waals surface area contributed by atoms with E-state index in [0.717, 1.165) is 32.7 Å². The molecule has 2 aromatic carbocycles. The normalized spacial score (nSPS) is 23.8. The van der Waals surface area contributed by atoms with Crippen LogP contribution >= 0.6 is 0 Å². The first kappa shape index (κ1) is 18.7. The second-order valence-electron chi connectivity index (χ2n) is 7.45. The van der Waals surface area contributed by atoms with Gasteiger partial charge in [0.2, 0.25) is 0 Å². The fourth-order valence-corrected chi connectivity index (χ4v) is 4.27. The summed E-state index contributed by atoms with van der Waals surface area (Å²) in [4.78, 5) is 29.5. The van der Waals surface area contributed by atoms with Gasteiger partial charge in [0, 0.05) is 37.8 Å². The van der Waals surface area contributed by atoms with Crippen molar-refractivity contribution in [2.75, 3.05) is 39.3 Å². The van der Waals surface area contributed by atoms with Crippen molar-refractivity contribution in [3.8, 4) is 11.1 Å². The van der Waals surface area contributed by atoms with Crippen LogP contribution in [0.15, 0.2) is 48.5 Å². The standard InChI is InChI=1S/C22H25N3O3/c26-21(23-14-16-15-24-10-5-11-25(16)13-12-24)19-8-3-1-6-17(19)18-7-2-4-9-20(18)22(27)28/h1-4,6-9,16H,5,10-15H2,(H,23,26)(H,27,28). The summed E-state index contributed by atoms with van der Waals surface area (Å²) < 4.78 is 0. The maximum Gasteiger partial charge on any atom is 0.336 e. The third kappa shape index (κ3) is 3.79. The van der Waals surface area contributed by atoms with Crippen molar-refractivity contribution in [1.29, 1.82) is 0 Å². The minimum absolute atomic E-state index is 0.160. The first-order valence-corrected chi connectivity index (χ1v) is 9.80. The smallest absolute Gasteiger partial charge is 0.336 e. The molecule has 3 aliphatic rings. The van der Waals surface area contributed by atoms with Crippen molar-refractivity contribution in [3.05, 3.63) is 59.7 Å². The van der Waals surface area contributed by atoms with Crippen LogP contribution in [0.2, 0.25) is 0 Å². The van der Waals surface area contributed by atoms with Gasteiger partial charge in [0.25, 0.3) is 5.91 Å². The van der Waals surface area contributed by atoms with Gasteiger partial charge in [-0.25, -0.2) is 4.79 Å². The van der Waals surface area contributed by atoms with Gasteiger partial charge in [-0.15, -0.1) is 0 Å². The molecular weight excluding hydrogens is 354 g/mol. The molecule has 146 valence electrons. The maximum atomic E-state index is 13.0. The largest absolute Gasteiger partial charge is 0.478 e. The first-order valence-electron chi connectivity index (χ1n) is 9.80. The molecule has 0 aromatic heterocycles. The molecule has 3 saturated heterocycles. The average Bonchev–Trinajstić information content (AvgIpc) is 3.07. The SMILES string of the molecule is O=C(O)c1ccccc1-c1ccccc1C(=O)NCC1CN2CCCN1CC2. The molecule has 5 rings (SSSR count). The molecule has 3 heterocycles. The van der Waals surface area contributed by atoms with Crippen molar-refractivity contribution >= 4 is 11.9 Å². The number of carboxylic acids is 1. The number of hydrogen-bond acceptors (Lipinski definition) is 4. The van der Waals surface area contributed by atoms with Crippen molar-refractivity contribution < 1.29 is 14.7 Å². The Morgan fingerprint density at radius 1 is 0.929 bits per heavy atom. The number of carboxylic acid groups (broad SMARTS) is 1. The Morgan fingerprint density at radius 2 is 1.61 bits per heavy atom. The zero-order valence-electron chi connectivity index (χ0n) is 15.8. The quantitative estimate of drug-likeness (QED) is 0.833. The fourth-order valence-electron chi connectivity index (χ4n) is 4.27. The van der Waals surface area contributed by atoms with E-state index in [9.17, 15) is 14.7 Å². The number of hydrogen-bond donors (Lipinski definition) is 2. The van der Waals surface area contributed by atoms with Gasteiger partial charge in [-0.3, -0.25) is 9.69 Å². The van der Waals surface area contributed by atoms with Gasteiger partial charge in [-0.05, 0) is 42.8 Å². The van der Waals surface area contributed by atoms with E-state index in [0.29, 0.717) is 29.3 Å². The topological polar surface area (TPSA) is 72.9 Å². The van der Waals surface area contributed by atoms with E-state index in [-0.39, 0.29) is 11.5 Å². The summed E-state index contributed by atoms with van der Waals surface area (Å²) in [5, 5.41) is 12.6. The molecule has 6 heteroatoms. The number of nitrogens with zero attached hydrogens (tertiary/aromatic N) is 2. The Labute approximate surface area is 164 Å². The van der Waals surface area contributed by atoms with Gasteiger partial charge in [-0.2, -0.15) is 0 Å². The zero-order chi connectivity index (χ0) is 19.5. The molecule has 0 saturated carbocycles. The Morgan fingerprint density at radius 3 is 2.36 bits per heavy atom. The van der Waals surface area contributed by atoms with E-state index >= 15 is 0 Å². The molecule has 0 radical (unpaired) electrons. The number of piperazine rings is 1. The molecule has 0 spiro atoms. The lowest BCUT2D eigenvalue weighted by Crippen LogP contribution is -2.54. The summed E-state index contributed by atoms with van der Waals surface area (Å²) in [5.41, 5.74) is 1.90. The predicted octanol–water partition coefficient (Wildman–Crippen LogP) is 2.17. The van der Waals surface area contributed by atoms with Crippen LogP contribution in [0.5, 0.6) is 0 Å². The molecule has 2 bridgehead atoms. The number of benzene rings is 2. The Hall–Kier alpha value is -2.70. The number of rotatable bonds is 5. The number of carbonyl (C=O) groups is 2. The van der Waals surface area contributed by atoms with Gasteiger partial charge in [0.05, 0.1) is 5.56 Å². The lowest BCUT2D eigenvalue weighted by molar-refractivity contribution is 0.0697. The summed E-state index contributed by atoms with van der Waals surface area (Å²) in [5.74, 6) is -1.16. The van der Waals surface area contributed by atoms with Crippen LogP contribution in [0, 0.1) is 0 Å². The maximum absolute atomic E-state index is 13.0. The van der Waals surface area contributed by atoms with E-state index in [2.05, 4.69) is 15.1 Å². The molecule has 3 unspecified atom stereocenters. The van der Waals surface area contributed by atoms with Crippen LogP contribution in [0.25, 0.3) is 11.1 Å². The Kier molecular flexibility index (Phi) is 5.41. The average molecular weight is 379 g/mol. The van der Waals surface area contributed by atoms with E-state index in [4.69, 9.17) is 0 Å². The van der Waals surface area contributed by atoms with Crippen LogP contribution in [0.1, 0.15) is 27.1 Å². The lowest BCUT2D eigenvalue weighted by atomic mass is 9.95. The molecule has 3 atom stereocenters. The monoisotopic (exact) mass is 379 g/mol. The zero-order valence-corrected chi connectivity index (χ0v) is 15.8. The second kappa shape index (κ2) is 8.12. The first-order chi connectivity index (χ1) is 13.6. The molecule has 3 fully saturated rings. The van der Waals surface area contributed by atoms with Crippen LogP contribution in [-0.4, -0.2) is 72.1 Å². The number of amides is 1. The van der Waals surface area contributed by atoms with Gasteiger partial charge < -0.3 is 15.3 Å². The van der Waals surface area contributed by atoms with Crippen LogP contribution in [-0.2, 0) is 0 Å². The highest BCUT2D eigenvalue weighted by Gasteiger charge is 2.30. The van der Waals surface area contributed by atoms with Gasteiger partial charge >= 0.3 is 5.97 Å². The number of nitrogens with one attached hydrogen (secondary N) is 1. The molecule has 2 aromatic rings. The van der Waals surface area contributed by atoms with Gasteiger partial charge in [-0.1, -0.05) is 36.4 Å². The fraction of sp³-hybridized carbons (Fsp3) is 0.364. The Bertz CT molecular complexity index is 879. The van der Waals surface area contributed by atoms with Crippen LogP contribution in [0.4, 0.5) is 0 Å². The minimum Gasteiger partial charge on any atom is -0.478 e. The van der Waals surface area contributed by atoms with E-state index in [1.54, 1.807) is 36.4 Å². The number of fused-ring (bicyclic) bond motifs is 4. The highest BCUT2D eigenvalue weighted by atomic mass is 16.4. The molecule has 3 aliphatic heterocycles. The van der Waals surface area contributed by atoms with Crippen molar-refractivity contribution in [2.45, 2.75) is 12.5 Å². The molecule has 0 aliphatic carbocycles. The summed E-state index contributed by atoms with van der Waals surface area (Å²) in [7, 11) is 0. The summed E-state index contributed by atoms with van der Waals surface area (Å²) >= 11 is 0. The molecule has 28 heavy (non-hydrogen) atoms. The van der Waals surface area contributed by atoms with Crippen LogP contribution in [0.3, 0.4) is 0 Å². The third-order valence-electron chi connectivity index (χ3n) is 5.73. The predicted molar refractivity (Wildman–Crippen MR) is 108 cm³/mol. The second-order valence-corrected chi connectivity index (χ2v) is 7.45. The molecule has 1 amide bonds. The van der Waals surface area contributed by atoms with Gasteiger partial charge in [0.15, 0.2) is 0 Å². The van der Waals surface area contributed by atoms with Crippen molar-refractivity contribution in [2.24, 2.45) is 0 Å². The molecule has 6 nitrogen and oxygen atoms in total. The molecule has 2 N–H and O–H groups in total. The van der Waals surface area contributed by atoms with Crippen molar-refractivity contribution in [1.82, 2.24) is 15.1 Å². The molecular formula is C22H25N3O3. The highest BCUT2D eigenvalue weighted by Crippen LogP contribution is 2.27. The van der Waals surface area contributed by atoms with E-state index in [1.165, 1.54) is 6.42 Å². The third-order valence-corrected chi connectivity index (χ3v) is 5.73. The Balaban J connectivity index is 1.54. The number of carbonyl (C=O) groups excluding carboxylic acids is 1. The highest BCUT2D eigenvalue weighted by molar-refractivity contribution is 6.04. The minimum atomic E-state index is -0.998. The summed E-state index contributed by atoms with van der Waals surface area (Å²) in [6.45, 7) is 5.98. The lowest BCUT2D eigenvalue weighted by Gasteiger charge is -2.37. The van der Waals surface area contributed by atoms with Crippen molar-refractivity contribution in [3.63, 3.8) is 0 Å². The van der Waals surface area contributed by atoms with Crippen LogP contribution < -0.4 is 5.32 Å². The summed E-state index contributed by atoms with van der Waals surface area (Å²) in [6.07, 6.45) is 1.18. The van der Waals surface area contributed by atoms with E-state index in [1.807, 2.05) is 12.1 Å². The van der Waals surface area contributed by atoms with E-state index < -0.39 is 5.97 Å². The summed E-state index contributed by atoms with van der Waals surface area (Å²) in [6, 6.07) is 14.3. The van der Waals surface area contributed by atoms with Gasteiger partial charge in [0.1, 0.15) is 0 Å². The number of aromatic carboxylic acids is 1.